The number of pyridine rings is 2. The molecule has 10 heteroatoms. The van der Waals surface area contributed by atoms with Crippen LogP contribution in [-0.4, -0.2) is 47.3 Å². The van der Waals surface area contributed by atoms with Crippen molar-refractivity contribution in [3.8, 4) is 17.2 Å². The first-order valence-electron chi connectivity index (χ1n) is 12.1. The number of benzene rings is 2. The predicted molar refractivity (Wildman–Crippen MR) is 140 cm³/mol. The summed E-state index contributed by atoms with van der Waals surface area (Å²) in [7, 11) is 0. The van der Waals surface area contributed by atoms with Gasteiger partial charge in [0.1, 0.15) is 23.1 Å². The highest BCUT2D eigenvalue weighted by Gasteiger charge is 2.23. The number of hydrogen-bond donors (Lipinski definition) is 2. The summed E-state index contributed by atoms with van der Waals surface area (Å²) in [5, 5.41) is 13.5. The number of morpholine rings is 1. The standard InChI is InChI=1S/C28H23FN4O5/c1-16-25(28(35)32-17-2-7-24(31-15-17)33-10-12-36-13-11-33)20-5-6-23(26(29)27(20)37-16)38-22-8-9-30-21-14-18(34)3-4-19(21)22/h2-9,14-15,34H,10-13H2,1H3,(H,32,35). The van der Waals surface area contributed by atoms with Crippen molar-refractivity contribution in [2.24, 2.45) is 0 Å². The Hall–Kier alpha value is -4.70. The lowest BCUT2D eigenvalue weighted by Gasteiger charge is -2.27. The molecule has 1 saturated heterocycles. The lowest BCUT2D eigenvalue weighted by molar-refractivity contribution is 0.102. The van der Waals surface area contributed by atoms with Crippen LogP contribution in [0.25, 0.3) is 21.9 Å². The molecule has 0 atom stereocenters. The Balaban J connectivity index is 1.26. The molecule has 0 radical (unpaired) electrons. The topological polar surface area (TPSA) is 110 Å². The number of nitrogens with zero attached hydrogens (tertiary/aromatic N) is 3. The highest BCUT2D eigenvalue weighted by Crippen LogP contribution is 2.37. The monoisotopic (exact) mass is 514 g/mol. The summed E-state index contributed by atoms with van der Waals surface area (Å²) in [6.45, 7) is 4.44. The number of aryl methyl sites for hydroxylation is 1. The van der Waals surface area contributed by atoms with Crippen LogP contribution < -0.4 is 15.0 Å². The first-order valence-corrected chi connectivity index (χ1v) is 12.1. The van der Waals surface area contributed by atoms with Gasteiger partial charge in [0.05, 0.1) is 36.2 Å². The van der Waals surface area contributed by atoms with Gasteiger partial charge in [0, 0.05) is 36.1 Å². The molecule has 0 aliphatic carbocycles. The first kappa shape index (κ1) is 23.7. The average Bonchev–Trinajstić information content (AvgIpc) is 3.28. The number of carbonyl (C=O) groups excluding carboxylic acids is 1. The molecule has 9 nitrogen and oxygen atoms in total. The fourth-order valence-corrected chi connectivity index (χ4v) is 4.54. The number of aromatic nitrogens is 2. The van der Waals surface area contributed by atoms with Crippen molar-refractivity contribution >= 4 is 39.3 Å². The highest BCUT2D eigenvalue weighted by atomic mass is 19.1. The molecule has 3 aromatic heterocycles. The van der Waals surface area contributed by atoms with E-state index < -0.39 is 11.7 Å². The summed E-state index contributed by atoms with van der Waals surface area (Å²) in [5.74, 6) is 0.278. The van der Waals surface area contributed by atoms with Crippen LogP contribution in [0.15, 0.2) is 65.3 Å². The summed E-state index contributed by atoms with van der Waals surface area (Å²) < 4.78 is 32.4. The van der Waals surface area contributed by atoms with Crippen LogP contribution in [0.2, 0.25) is 0 Å². The van der Waals surface area contributed by atoms with Crippen molar-refractivity contribution in [1.29, 1.82) is 0 Å². The van der Waals surface area contributed by atoms with Crippen LogP contribution in [0.3, 0.4) is 0 Å². The van der Waals surface area contributed by atoms with Gasteiger partial charge < -0.3 is 29.2 Å². The first-order chi connectivity index (χ1) is 18.5. The summed E-state index contributed by atoms with van der Waals surface area (Å²) in [5.41, 5.74) is 1.16. The molecular weight excluding hydrogens is 491 g/mol. The van der Waals surface area contributed by atoms with Crippen molar-refractivity contribution in [2.75, 3.05) is 36.5 Å². The molecular formula is C28H23FN4O5. The average molecular weight is 515 g/mol. The summed E-state index contributed by atoms with van der Waals surface area (Å²) >= 11 is 0. The van der Waals surface area contributed by atoms with E-state index in [1.54, 1.807) is 37.4 Å². The molecule has 4 heterocycles. The molecule has 38 heavy (non-hydrogen) atoms. The van der Waals surface area contributed by atoms with E-state index in [1.165, 1.54) is 24.4 Å². The smallest absolute Gasteiger partial charge is 0.259 e. The molecule has 0 spiro atoms. The van der Waals surface area contributed by atoms with Gasteiger partial charge in [0.2, 0.25) is 5.82 Å². The molecule has 0 unspecified atom stereocenters. The Kier molecular flexibility index (Phi) is 6.01. The van der Waals surface area contributed by atoms with Crippen LogP contribution in [0.1, 0.15) is 16.1 Å². The third-order valence-electron chi connectivity index (χ3n) is 6.41. The fraction of sp³-hybridized carbons (Fsp3) is 0.179. The number of phenols is 1. The number of ether oxygens (including phenoxy) is 2. The SMILES string of the molecule is Cc1oc2c(F)c(Oc3ccnc4cc(O)ccc34)ccc2c1C(=O)Nc1ccc(N2CCOCC2)nc1. The molecule has 1 aliphatic heterocycles. The van der Waals surface area contributed by atoms with E-state index in [0.29, 0.717) is 40.9 Å². The van der Waals surface area contributed by atoms with Crippen molar-refractivity contribution in [3.05, 3.63) is 78.1 Å². The predicted octanol–water partition coefficient (Wildman–Crippen LogP) is 5.41. The molecule has 2 aromatic carbocycles. The van der Waals surface area contributed by atoms with Crippen LogP contribution >= 0.6 is 0 Å². The van der Waals surface area contributed by atoms with E-state index >= 15 is 4.39 Å². The number of halogens is 1. The van der Waals surface area contributed by atoms with Gasteiger partial charge in [0.25, 0.3) is 5.91 Å². The minimum absolute atomic E-state index is 0.0652. The lowest BCUT2D eigenvalue weighted by atomic mass is 10.1. The summed E-state index contributed by atoms with van der Waals surface area (Å²) in [4.78, 5) is 23.9. The van der Waals surface area contributed by atoms with E-state index in [4.69, 9.17) is 13.9 Å². The molecule has 1 amide bonds. The number of amides is 1. The molecule has 2 N–H and O–H groups in total. The minimum Gasteiger partial charge on any atom is -0.508 e. The summed E-state index contributed by atoms with van der Waals surface area (Å²) in [6.07, 6.45) is 3.10. The third kappa shape index (κ3) is 4.35. The zero-order chi connectivity index (χ0) is 26.2. The van der Waals surface area contributed by atoms with Crippen molar-refractivity contribution in [2.45, 2.75) is 6.92 Å². The maximum atomic E-state index is 15.5. The lowest BCUT2D eigenvalue weighted by Crippen LogP contribution is -2.36. The number of nitrogens with one attached hydrogen (secondary N) is 1. The van der Waals surface area contributed by atoms with E-state index in [0.717, 1.165) is 18.9 Å². The highest BCUT2D eigenvalue weighted by molar-refractivity contribution is 6.13. The maximum absolute atomic E-state index is 15.5. The van der Waals surface area contributed by atoms with Gasteiger partial charge in [-0.05, 0) is 49.4 Å². The van der Waals surface area contributed by atoms with Gasteiger partial charge in [-0.3, -0.25) is 9.78 Å². The minimum atomic E-state index is -0.732. The number of rotatable bonds is 5. The summed E-state index contributed by atoms with van der Waals surface area (Å²) in [6, 6.07) is 12.9. The van der Waals surface area contributed by atoms with Crippen LogP contribution in [0, 0.1) is 12.7 Å². The second-order valence-corrected chi connectivity index (χ2v) is 8.86. The second-order valence-electron chi connectivity index (χ2n) is 8.86. The largest absolute Gasteiger partial charge is 0.508 e. The second kappa shape index (κ2) is 9.64. The third-order valence-corrected chi connectivity index (χ3v) is 6.41. The van der Waals surface area contributed by atoms with Crippen molar-refractivity contribution < 1.29 is 28.2 Å². The molecule has 192 valence electrons. The van der Waals surface area contributed by atoms with Gasteiger partial charge in [-0.1, -0.05) is 0 Å². The van der Waals surface area contributed by atoms with Crippen molar-refractivity contribution in [1.82, 2.24) is 9.97 Å². The van der Waals surface area contributed by atoms with Gasteiger partial charge in [-0.25, -0.2) is 4.98 Å². The van der Waals surface area contributed by atoms with E-state index in [2.05, 4.69) is 20.2 Å². The molecule has 0 bridgehead atoms. The van der Waals surface area contributed by atoms with Crippen LogP contribution in [-0.2, 0) is 4.74 Å². The number of phenolic OH excluding ortho intramolecular Hbond substituents is 1. The Morgan fingerprint density at radius 1 is 1.05 bits per heavy atom. The van der Waals surface area contributed by atoms with E-state index in [1.807, 2.05) is 6.07 Å². The number of aromatic hydroxyl groups is 1. The van der Waals surface area contributed by atoms with Gasteiger partial charge in [-0.2, -0.15) is 4.39 Å². The van der Waals surface area contributed by atoms with E-state index in [-0.39, 0.29) is 28.4 Å². The Labute approximate surface area is 216 Å². The van der Waals surface area contributed by atoms with Gasteiger partial charge in [0.15, 0.2) is 11.3 Å². The Morgan fingerprint density at radius 2 is 1.87 bits per heavy atom. The maximum Gasteiger partial charge on any atom is 0.259 e. The fourth-order valence-electron chi connectivity index (χ4n) is 4.54. The Bertz CT molecular complexity index is 1660. The van der Waals surface area contributed by atoms with Gasteiger partial charge >= 0.3 is 0 Å². The normalized spacial score (nSPS) is 13.7. The number of hydrogen-bond acceptors (Lipinski definition) is 8. The van der Waals surface area contributed by atoms with Crippen LogP contribution in [0.4, 0.5) is 15.9 Å². The van der Waals surface area contributed by atoms with Crippen molar-refractivity contribution in [3.63, 3.8) is 0 Å². The number of fused-ring (bicyclic) bond motifs is 2. The zero-order valence-electron chi connectivity index (χ0n) is 20.4. The number of anilines is 2. The molecule has 1 fully saturated rings. The van der Waals surface area contributed by atoms with Crippen LogP contribution in [0.5, 0.6) is 17.2 Å². The Morgan fingerprint density at radius 3 is 2.66 bits per heavy atom. The number of furan rings is 1. The quantitative estimate of drug-likeness (QED) is 0.320. The van der Waals surface area contributed by atoms with Gasteiger partial charge in [-0.15, -0.1) is 0 Å². The molecule has 0 saturated carbocycles. The molecule has 5 aromatic rings. The molecule has 6 rings (SSSR count). The zero-order valence-corrected chi connectivity index (χ0v) is 20.4. The molecule has 1 aliphatic rings. The van der Waals surface area contributed by atoms with E-state index in [9.17, 15) is 9.90 Å². The number of carbonyl (C=O) groups is 1.